The quantitative estimate of drug-likeness (QED) is 0.420. The first-order valence-electron chi connectivity index (χ1n) is 11.6. The molecule has 0 saturated heterocycles. The summed E-state index contributed by atoms with van der Waals surface area (Å²) in [5.41, 5.74) is 6.94. The van der Waals surface area contributed by atoms with Crippen molar-refractivity contribution in [3.63, 3.8) is 0 Å². The fourth-order valence-corrected chi connectivity index (χ4v) is 4.96. The van der Waals surface area contributed by atoms with E-state index in [1.165, 1.54) is 11.1 Å². The van der Waals surface area contributed by atoms with Gasteiger partial charge in [-0.25, -0.2) is 4.79 Å². The van der Waals surface area contributed by atoms with Gasteiger partial charge < -0.3 is 9.84 Å². The average Bonchev–Trinajstić information content (AvgIpc) is 3.54. The molecule has 2 amide bonds. The predicted octanol–water partition coefficient (Wildman–Crippen LogP) is 5.93. The third-order valence-electron chi connectivity index (χ3n) is 6.65. The third kappa shape index (κ3) is 3.48. The minimum Gasteiger partial charge on any atom is -0.334 e. The van der Waals surface area contributed by atoms with E-state index in [2.05, 4.69) is 22.6 Å². The number of urea groups is 1. The van der Waals surface area contributed by atoms with Crippen molar-refractivity contribution >= 4 is 17.3 Å². The highest BCUT2D eigenvalue weighted by Gasteiger charge is 2.36. The SMILES string of the molecule is CC1=C(c2nc(-c3ccccc3)no2)C(c2ccccc2)NC(=O)N1c1ccc2c(c1)CCC2. The molecule has 2 aliphatic rings. The number of aryl methyl sites for hydroxylation is 2. The smallest absolute Gasteiger partial charge is 0.326 e. The van der Waals surface area contributed by atoms with Crippen LogP contribution < -0.4 is 10.2 Å². The third-order valence-corrected chi connectivity index (χ3v) is 6.65. The standard InChI is InChI=1S/C28H24N4O2/c1-18-24(27-30-26(31-34-27)21-11-6-3-7-12-21)25(20-9-4-2-5-10-20)29-28(33)32(18)23-16-15-19-13-8-14-22(19)17-23/h2-7,9-12,15-17,25H,8,13-14H2,1H3,(H,29,33). The number of hydrogen-bond donors (Lipinski definition) is 1. The number of fused-ring (bicyclic) bond motifs is 1. The maximum absolute atomic E-state index is 13.4. The summed E-state index contributed by atoms with van der Waals surface area (Å²) in [5, 5.41) is 7.42. The number of benzene rings is 3. The lowest BCUT2D eigenvalue weighted by Crippen LogP contribution is -2.46. The number of amides is 2. The number of allylic oxidation sites excluding steroid dienone is 1. The van der Waals surface area contributed by atoms with Crippen molar-refractivity contribution < 1.29 is 9.32 Å². The lowest BCUT2D eigenvalue weighted by Gasteiger charge is -2.35. The summed E-state index contributed by atoms with van der Waals surface area (Å²) >= 11 is 0. The Kier molecular flexibility index (Phi) is 4.99. The van der Waals surface area contributed by atoms with Crippen LogP contribution in [0.1, 0.15) is 42.0 Å². The highest BCUT2D eigenvalue weighted by Crippen LogP contribution is 2.39. The second-order valence-corrected chi connectivity index (χ2v) is 8.72. The van der Waals surface area contributed by atoms with E-state index < -0.39 is 6.04 Å². The van der Waals surface area contributed by atoms with Gasteiger partial charge in [0.05, 0.1) is 17.3 Å². The predicted molar refractivity (Wildman–Crippen MR) is 131 cm³/mol. The Bertz CT molecular complexity index is 1390. The molecule has 4 aromatic rings. The van der Waals surface area contributed by atoms with Crippen LogP contribution in [-0.2, 0) is 12.8 Å². The first kappa shape index (κ1) is 20.4. The molecule has 34 heavy (non-hydrogen) atoms. The zero-order valence-electron chi connectivity index (χ0n) is 18.9. The zero-order valence-corrected chi connectivity index (χ0v) is 18.9. The molecule has 0 saturated carbocycles. The Balaban J connectivity index is 1.49. The topological polar surface area (TPSA) is 71.3 Å². The van der Waals surface area contributed by atoms with Crippen molar-refractivity contribution in [3.05, 3.63) is 107 Å². The summed E-state index contributed by atoms with van der Waals surface area (Å²) in [6, 6.07) is 25.3. The highest BCUT2D eigenvalue weighted by molar-refractivity contribution is 6.01. The molecule has 6 rings (SSSR count). The lowest BCUT2D eigenvalue weighted by atomic mass is 9.94. The van der Waals surface area contributed by atoms with Gasteiger partial charge in [0.15, 0.2) is 0 Å². The van der Waals surface area contributed by atoms with E-state index >= 15 is 0 Å². The number of nitrogens with zero attached hydrogens (tertiary/aromatic N) is 3. The number of nitrogens with one attached hydrogen (secondary N) is 1. The van der Waals surface area contributed by atoms with Crippen LogP contribution in [0.2, 0.25) is 0 Å². The second-order valence-electron chi connectivity index (χ2n) is 8.72. The number of carbonyl (C=O) groups is 1. The van der Waals surface area contributed by atoms with Crippen LogP contribution in [0, 0.1) is 0 Å². The molecule has 1 aliphatic heterocycles. The van der Waals surface area contributed by atoms with Gasteiger partial charge in [-0.05, 0) is 55.0 Å². The van der Waals surface area contributed by atoms with E-state index in [9.17, 15) is 4.79 Å². The van der Waals surface area contributed by atoms with Gasteiger partial charge in [0, 0.05) is 11.3 Å². The molecule has 0 fully saturated rings. The monoisotopic (exact) mass is 448 g/mol. The van der Waals surface area contributed by atoms with Crippen molar-refractivity contribution in [1.29, 1.82) is 0 Å². The summed E-state index contributed by atoms with van der Waals surface area (Å²) in [6.07, 6.45) is 3.30. The van der Waals surface area contributed by atoms with Crippen LogP contribution in [0.5, 0.6) is 0 Å². The molecule has 0 radical (unpaired) electrons. The average molecular weight is 449 g/mol. The van der Waals surface area contributed by atoms with Gasteiger partial charge in [-0.1, -0.05) is 71.9 Å². The van der Waals surface area contributed by atoms with Crippen LogP contribution in [0.4, 0.5) is 10.5 Å². The Hall–Kier alpha value is -4.19. The summed E-state index contributed by atoms with van der Waals surface area (Å²) in [6.45, 7) is 1.95. The Labute approximate surface area is 197 Å². The first-order valence-corrected chi connectivity index (χ1v) is 11.6. The van der Waals surface area contributed by atoms with Crippen molar-refractivity contribution in [1.82, 2.24) is 15.5 Å². The van der Waals surface area contributed by atoms with Crippen LogP contribution in [0.3, 0.4) is 0 Å². The molecule has 0 bridgehead atoms. The Morgan fingerprint density at radius 1 is 0.941 bits per heavy atom. The van der Waals surface area contributed by atoms with E-state index in [0.717, 1.165) is 47.3 Å². The van der Waals surface area contributed by atoms with Gasteiger partial charge in [-0.15, -0.1) is 0 Å². The molecule has 1 aromatic heterocycles. The van der Waals surface area contributed by atoms with Crippen LogP contribution >= 0.6 is 0 Å². The van der Waals surface area contributed by atoms with E-state index in [-0.39, 0.29) is 6.03 Å². The molecule has 0 spiro atoms. The van der Waals surface area contributed by atoms with E-state index in [4.69, 9.17) is 9.51 Å². The van der Waals surface area contributed by atoms with Gasteiger partial charge in [0.1, 0.15) is 0 Å². The summed E-state index contributed by atoms with van der Waals surface area (Å²) in [7, 11) is 0. The second kappa shape index (κ2) is 8.30. The number of hydrogen-bond acceptors (Lipinski definition) is 4. The van der Waals surface area contributed by atoms with E-state index in [1.54, 1.807) is 4.90 Å². The Morgan fingerprint density at radius 2 is 1.68 bits per heavy atom. The minimum absolute atomic E-state index is 0.171. The van der Waals surface area contributed by atoms with E-state index in [0.29, 0.717) is 11.7 Å². The first-order chi connectivity index (χ1) is 16.7. The normalized spacial score (nSPS) is 17.6. The van der Waals surface area contributed by atoms with E-state index in [1.807, 2.05) is 73.7 Å². The van der Waals surface area contributed by atoms with Gasteiger partial charge in [-0.3, -0.25) is 4.90 Å². The van der Waals surface area contributed by atoms with Crippen molar-refractivity contribution in [3.8, 4) is 11.4 Å². The minimum atomic E-state index is -0.400. The number of anilines is 1. The number of carbonyl (C=O) groups excluding carboxylic acids is 1. The fourth-order valence-electron chi connectivity index (χ4n) is 4.96. The van der Waals surface area contributed by atoms with Crippen LogP contribution in [0.25, 0.3) is 17.0 Å². The summed E-state index contributed by atoms with van der Waals surface area (Å²) in [5.74, 6) is 0.917. The van der Waals surface area contributed by atoms with Gasteiger partial charge >= 0.3 is 6.03 Å². The highest BCUT2D eigenvalue weighted by atomic mass is 16.5. The van der Waals surface area contributed by atoms with Gasteiger partial charge in [-0.2, -0.15) is 4.98 Å². The maximum Gasteiger partial charge on any atom is 0.326 e. The van der Waals surface area contributed by atoms with Crippen LogP contribution in [0.15, 0.2) is 89.1 Å². The molecule has 3 aromatic carbocycles. The molecule has 6 heteroatoms. The van der Waals surface area contributed by atoms with Gasteiger partial charge in [0.2, 0.25) is 5.82 Å². The van der Waals surface area contributed by atoms with Crippen molar-refractivity contribution in [2.24, 2.45) is 0 Å². The summed E-state index contributed by atoms with van der Waals surface area (Å²) in [4.78, 5) is 19.9. The molecule has 2 heterocycles. The van der Waals surface area contributed by atoms with Gasteiger partial charge in [0.25, 0.3) is 5.89 Å². The van der Waals surface area contributed by atoms with Crippen molar-refractivity contribution in [2.45, 2.75) is 32.2 Å². The molecule has 1 N–H and O–H groups in total. The molecular formula is C28H24N4O2. The fraction of sp³-hybridized carbons (Fsp3) is 0.179. The molecule has 1 aliphatic carbocycles. The molecular weight excluding hydrogens is 424 g/mol. The van der Waals surface area contributed by atoms with Crippen LogP contribution in [-0.4, -0.2) is 16.2 Å². The summed E-state index contributed by atoms with van der Waals surface area (Å²) < 4.78 is 5.78. The molecule has 168 valence electrons. The zero-order chi connectivity index (χ0) is 23.1. The number of rotatable bonds is 4. The maximum atomic E-state index is 13.4. The molecule has 1 unspecified atom stereocenters. The molecule has 1 atom stereocenters. The largest absolute Gasteiger partial charge is 0.334 e. The Morgan fingerprint density at radius 3 is 2.47 bits per heavy atom. The molecule has 6 nitrogen and oxygen atoms in total. The number of aromatic nitrogens is 2. The lowest BCUT2D eigenvalue weighted by molar-refractivity contribution is 0.244. The van der Waals surface area contributed by atoms with Crippen molar-refractivity contribution in [2.75, 3.05) is 4.90 Å².